The number of primary amides is 1. The molecule has 3 amide bonds. The van der Waals surface area contributed by atoms with E-state index in [0.717, 1.165) is 48.3 Å². The maximum atomic E-state index is 14.2. The molecule has 1 aromatic heterocycles. The number of ether oxygens (including phenoxy) is 1. The molecule has 9 nitrogen and oxygen atoms in total. The van der Waals surface area contributed by atoms with E-state index in [4.69, 9.17) is 16.2 Å². The number of aromatic nitrogens is 1. The van der Waals surface area contributed by atoms with E-state index >= 15 is 0 Å². The van der Waals surface area contributed by atoms with Gasteiger partial charge in [-0.3, -0.25) is 19.3 Å². The van der Waals surface area contributed by atoms with E-state index in [9.17, 15) is 14.4 Å². The molecule has 1 aliphatic rings. The number of carbonyl (C=O) groups is 3. The minimum atomic E-state index is -1.02. The van der Waals surface area contributed by atoms with Gasteiger partial charge in [-0.25, -0.2) is 0 Å². The fourth-order valence-corrected chi connectivity index (χ4v) is 5.38. The molecule has 4 rings (SSSR count). The van der Waals surface area contributed by atoms with E-state index in [1.165, 1.54) is 4.90 Å². The van der Waals surface area contributed by atoms with Crippen molar-refractivity contribution in [1.29, 1.82) is 0 Å². The Morgan fingerprint density at radius 1 is 1.11 bits per heavy atom. The van der Waals surface area contributed by atoms with Crippen LogP contribution in [0, 0.1) is 13.8 Å². The van der Waals surface area contributed by atoms with Crippen LogP contribution in [0.3, 0.4) is 0 Å². The van der Waals surface area contributed by atoms with Crippen molar-refractivity contribution >= 4 is 40.6 Å². The summed E-state index contributed by atoms with van der Waals surface area (Å²) in [6.45, 7) is 3.79. The number of rotatable bonds is 8. The molecular formula is C27H31N5O4S. The number of amides is 3. The van der Waals surface area contributed by atoms with Gasteiger partial charge in [0.15, 0.2) is 5.69 Å². The van der Waals surface area contributed by atoms with Crippen molar-refractivity contribution < 1.29 is 19.1 Å². The molecule has 0 bridgehead atoms. The summed E-state index contributed by atoms with van der Waals surface area (Å²) >= 11 is 0.790. The van der Waals surface area contributed by atoms with Crippen LogP contribution in [0.15, 0.2) is 42.5 Å². The summed E-state index contributed by atoms with van der Waals surface area (Å²) in [4.78, 5) is 41.4. The van der Waals surface area contributed by atoms with E-state index in [2.05, 4.69) is 9.69 Å². The first-order chi connectivity index (χ1) is 17.7. The van der Waals surface area contributed by atoms with Gasteiger partial charge in [0.2, 0.25) is 5.91 Å². The normalized spacial score (nSPS) is 14.2. The molecule has 1 aliphatic carbocycles. The Balaban J connectivity index is 1.89. The van der Waals surface area contributed by atoms with Crippen LogP contribution < -0.4 is 26.4 Å². The van der Waals surface area contributed by atoms with Gasteiger partial charge in [0.05, 0.1) is 12.8 Å². The number of anilines is 2. The van der Waals surface area contributed by atoms with Crippen LogP contribution in [0.4, 0.5) is 11.4 Å². The van der Waals surface area contributed by atoms with Gasteiger partial charge in [-0.15, -0.1) is 0 Å². The topological polar surface area (TPSA) is 141 Å². The zero-order valence-electron chi connectivity index (χ0n) is 21.1. The number of nitrogens with one attached hydrogen (secondary N) is 1. The lowest BCUT2D eigenvalue weighted by Crippen LogP contribution is -2.46. The second-order valence-corrected chi connectivity index (χ2v) is 10.0. The molecule has 194 valence electrons. The fraction of sp³-hybridized carbons (Fsp3) is 0.333. The predicted octanol–water partition coefficient (Wildman–Crippen LogP) is 3.90. The highest BCUT2D eigenvalue weighted by atomic mass is 32.1. The third kappa shape index (κ3) is 5.43. The Bertz CT molecular complexity index is 1310. The summed E-state index contributed by atoms with van der Waals surface area (Å²) in [6, 6.07) is 11.8. The van der Waals surface area contributed by atoms with Gasteiger partial charge in [0.1, 0.15) is 16.7 Å². The number of benzene rings is 2. The molecule has 1 unspecified atom stereocenters. The van der Waals surface area contributed by atoms with Gasteiger partial charge in [0, 0.05) is 11.7 Å². The number of nitrogen functional groups attached to an aromatic ring is 1. The maximum absolute atomic E-state index is 14.2. The lowest BCUT2D eigenvalue weighted by Gasteiger charge is -2.33. The summed E-state index contributed by atoms with van der Waals surface area (Å²) in [5.74, 6) is -1.04. The van der Waals surface area contributed by atoms with E-state index in [1.807, 2.05) is 32.0 Å². The van der Waals surface area contributed by atoms with Crippen molar-refractivity contribution in [2.45, 2.75) is 51.6 Å². The summed E-state index contributed by atoms with van der Waals surface area (Å²) in [5, 5.41) is 3.15. The standard InChI is InChI=1S/C27H31N5O4S/c1-15-8-9-16(2)20(14-15)32(27(35)24-21(28)22(25(29)33)31-37-24)23(17-10-12-19(36-3)13-11-17)26(34)30-18-6-4-5-7-18/h8-14,18,23H,4-7,28H2,1-3H3,(H2,29,33)(H,30,34). The number of nitrogens with two attached hydrogens (primary N) is 2. The number of carbonyl (C=O) groups excluding carboxylic acids is 3. The molecule has 3 aromatic rings. The molecule has 0 saturated heterocycles. The average molecular weight is 522 g/mol. The zero-order valence-corrected chi connectivity index (χ0v) is 21.9. The monoisotopic (exact) mass is 521 g/mol. The van der Waals surface area contributed by atoms with Crippen LogP contribution in [0.25, 0.3) is 0 Å². The third-order valence-electron chi connectivity index (χ3n) is 6.64. The number of aryl methyl sites for hydroxylation is 2. The molecule has 1 fully saturated rings. The molecule has 2 aromatic carbocycles. The Morgan fingerprint density at radius 3 is 2.38 bits per heavy atom. The van der Waals surface area contributed by atoms with Crippen LogP contribution in [0.5, 0.6) is 5.75 Å². The van der Waals surface area contributed by atoms with Crippen LogP contribution in [-0.2, 0) is 4.79 Å². The number of hydrogen-bond acceptors (Lipinski definition) is 7. The molecule has 0 radical (unpaired) electrons. The Labute approximate surface area is 220 Å². The summed E-state index contributed by atoms with van der Waals surface area (Å²) < 4.78 is 9.32. The van der Waals surface area contributed by atoms with E-state index < -0.39 is 17.9 Å². The lowest BCUT2D eigenvalue weighted by atomic mass is 10.00. The molecule has 0 aliphatic heterocycles. The average Bonchev–Trinajstić information content (AvgIpc) is 3.53. The third-order valence-corrected chi connectivity index (χ3v) is 7.49. The van der Waals surface area contributed by atoms with Crippen molar-refractivity contribution in [3.63, 3.8) is 0 Å². The Kier molecular flexibility index (Phi) is 7.77. The zero-order chi connectivity index (χ0) is 26.7. The number of hydrogen-bond donors (Lipinski definition) is 3. The molecule has 1 heterocycles. The first kappa shape index (κ1) is 26.2. The highest BCUT2D eigenvalue weighted by Gasteiger charge is 2.37. The van der Waals surface area contributed by atoms with E-state index in [0.29, 0.717) is 17.0 Å². The highest BCUT2D eigenvalue weighted by Crippen LogP contribution is 2.36. The summed E-state index contributed by atoms with van der Waals surface area (Å²) in [5.41, 5.74) is 14.2. The Morgan fingerprint density at radius 2 is 1.78 bits per heavy atom. The van der Waals surface area contributed by atoms with Gasteiger partial charge in [0.25, 0.3) is 11.8 Å². The van der Waals surface area contributed by atoms with Crippen LogP contribution in [-0.4, -0.2) is 35.2 Å². The smallest absolute Gasteiger partial charge is 0.273 e. The van der Waals surface area contributed by atoms with Gasteiger partial charge >= 0.3 is 0 Å². The number of nitrogens with zero attached hydrogens (tertiary/aromatic N) is 2. The second kappa shape index (κ2) is 11.0. The minimum Gasteiger partial charge on any atom is -0.497 e. The molecular weight excluding hydrogens is 490 g/mol. The van der Waals surface area contributed by atoms with E-state index in [-0.39, 0.29) is 28.2 Å². The highest BCUT2D eigenvalue weighted by molar-refractivity contribution is 7.09. The van der Waals surface area contributed by atoms with Gasteiger partial charge in [-0.1, -0.05) is 37.1 Å². The van der Waals surface area contributed by atoms with Crippen molar-refractivity contribution in [2.24, 2.45) is 5.73 Å². The maximum Gasteiger partial charge on any atom is 0.273 e. The largest absolute Gasteiger partial charge is 0.497 e. The van der Waals surface area contributed by atoms with Crippen LogP contribution in [0.2, 0.25) is 0 Å². The van der Waals surface area contributed by atoms with Crippen molar-refractivity contribution in [3.05, 3.63) is 69.7 Å². The molecule has 1 saturated carbocycles. The number of methoxy groups -OCH3 is 1. The summed E-state index contributed by atoms with van der Waals surface area (Å²) in [7, 11) is 1.56. The molecule has 5 N–H and O–H groups in total. The van der Waals surface area contributed by atoms with Crippen LogP contribution >= 0.6 is 11.5 Å². The van der Waals surface area contributed by atoms with Crippen molar-refractivity contribution in [2.75, 3.05) is 17.7 Å². The molecule has 10 heteroatoms. The van der Waals surface area contributed by atoms with Gasteiger partial charge in [-0.2, -0.15) is 4.37 Å². The van der Waals surface area contributed by atoms with Crippen LogP contribution in [0.1, 0.15) is 68.6 Å². The minimum absolute atomic E-state index is 0.0405. The van der Waals surface area contributed by atoms with Gasteiger partial charge < -0.3 is 21.5 Å². The SMILES string of the molecule is COc1ccc(C(C(=O)NC2CCCC2)N(C(=O)c2snc(C(N)=O)c2N)c2cc(C)ccc2C)cc1. The van der Waals surface area contributed by atoms with Crippen molar-refractivity contribution in [3.8, 4) is 5.75 Å². The lowest BCUT2D eigenvalue weighted by molar-refractivity contribution is -0.123. The molecule has 0 spiro atoms. The summed E-state index contributed by atoms with van der Waals surface area (Å²) in [6.07, 6.45) is 3.88. The second-order valence-electron chi connectivity index (χ2n) is 9.27. The fourth-order valence-electron chi connectivity index (χ4n) is 4.64. The molecule has 1 atom stereocenters. The quantitative estimate of drug-likeness (QED) is 0.411. The first-order valence-corrected chi connectivity index (χ1v) is 12.9. The molecule has 37 heavy (non-hydrogen) atoms. The predicted molar refractivity (Wildman–Crippen MR) is 144 cm³/mol. The van der Waals surface area contributed by atoms with Gasteiger partial charge in [-0.05, 0) is 73.1 Å². The first-order valence-electron chi connectivity index (χ1n) is 12.1. The van der Waals surface area contributed by atoms with E-state index in [1.54, 1.807) is 31.4 Å². The Hall–Kier alpha value is -3.92. The van der Waals surface area contributed by atoms with Crippen molar-refractivity contribution in [1.82, 2.24) is 9.69 Å².